The summed E-state index contributed by atoms with van der Waals surface area (Å²) in [5, 5.41) is 13.8. The van der Waals surface area contributed by atoms with Gasteiger partial charge in [-0.1, -0.05) is 12.1 Å². The van der Waals surface area contributed by atoms with Crippen LogP contribution >= 0.6 is 0 Å². The van der Waals surface area contributed by atoms with E-state index in [1.165, 1.54) is 0 Å². The van der Waals surface area contributed by atoms with Gasteiger partial charge in [-0.05, 0) is 29.8 Å². The van der Waals surface area contributed by atoms with Crippen LogP contribution in [0.1, 0.15) is 32.7 Å². The highest BCUT2D eigenvalue weighted by Gasteiger charge is 2.07. The van der Waals surface area contributed by atoms with Crippen molar-refractivity contribution in [1.82, 2.24) is 15.6 Å². The summed E-state index contributed by atoms with van der Waals surface area (Å²) in [4.78, 5) is 38.0. The minimum Gasteiger partial charge on any atom is -0.481 e. The van der Waals surface area contributed by atoms with Gasteiger partial charge in [0.25, 0.3) is 11.8 Å². The lowest BCUT2D eigenvalue weighted by Gasteiger charge is -2.07. The predicted octanol–water partition coefficient (Wildman–Crippen LogP) is 1.22. The van der Waals surface area contributed by atoms with Gasteiger partial charge in [0.15, 0.2) is 0 Å². The van der Waals surface area contributed by atoms with Gasteiger partial charge in [0.05, 0.1) is 6.42 Å². The fraction of sp³-hybridized carbons (Fsp3) is 0.176. The molecule has 2 rings (SSSR count). The summed E-state index contributed by atoms with van der Waals surface area (Å²) in [6, 6.07) is 9.98. The zero-order valence-corrected chi connectivity index (χ0v) is 12.9. The summed E-state index contributed by atoms with van der Waals surface area (Å²) in [6.45, 7) is 0.417. The van der Waals surface area contributed by atoms with Gasteiger partial charge in [0.1, 0.15) is 0 Å². The summed E-state index contributed by atoms with van der Waals surface area (Å²) in [5.74, 6) is -1.49. The standard InChI is InChI=1S/C17H17N3O4/c21-15(22)7-10-19-16(23)13-3-1-12(2-4-13)11-20-17(24)14-5-8-18-9-6-14/h1-6,8-9H,7,10-11H2,(H,19,23)(H,20,24)(H,21,22). The molecule has 0 aliphatic heterocycles. The van der Waals surface area contributed by atoms with Crippen LogP contribution in [0.2, 0.25) is 0 Å². The first-order valence-corrected chi connectivity index (χ1v) is 7.33. The lowest BCUT2D eigenvalue weighted by molar-refractivity contribution is -0.136. The van der Waals surface area contributed by atoms with E-state index in [0.717, 1.165) is 5.56 Å². The molecule has 1 aromatic carbocycles. The number of carboxylic acids is 1. The number of aromatic nitrogens is 1. The zero-order valence-electron chi connectivity index (χ0n) is 12.9. The Bertz CT molecular complexity index is 714. The number of carboxylic acid groups (broad SMARTS) is 1. The lowest BCUT2D eigenvalue weighted by Crippen LogP contribution is -2.26. The van der Waals surface area contributed by atoms with Gasteiger partial charge < -0.3 is 15.7 Å². The van der Waals surface area contributed by atoms with E-state index < -0.39 is 5.97 Å². The van der Waals surface area contributed by atoms with Crippen molar-refractivity contribution in [3.63, 3.8) is 0 Å². The lowest BCUT2D eigenvalue weighted by atomic mass is 10.1. The van der Waals surface area contributed by atoms with E-state index in [0.29, 0.717) is 17.7 Å². The molecular weight excluding hydrogens is 310 g/mol. The highest BCUT2D eigenvalue weighted by atomic mass is 16.4. The third-order valence-electron chi connectivity index (χ3n) is 3.24. The average molecular weight is 327 g/mol. The number of amides is 2. The third-order valence-corrected chi connectivity index (χ3v) is 3.24. The van der Waals surface area contributed by atoms with Crippen molar-refractivity contribution in [3.8, 4) is 0 Å². The van der Waals surface area contributed by atoms with Crippen LogP contribution in [-0.2, 0) is 11.3 Å². The molecule has 0 radical (unpaired) electrons. The van der Waals surface area contributed by atoms with Crippen LogP contribution in [0.4, 0.5) is 0 Å². The second-order valence-electron chi connectivity index (χ2n) is 5.02. The highest BCUT2D eigenvalue weighted by molar-refractivity contribution is 5.95. The molecule has 0 bridgehead atoms. The van der Waals surface area contributed by atoms with E-state index in [9.17, 15) is 14.4 Å². The Morgan fingerprint density at radius 1 is 0.875 bits per heavy atom. The van der Waals surface area contributed by atoms with E-state index in [2.05, 4.69) is 15.6 Å². The molecule has 0 spiro atoms. The maximum absolute atomic E-state index is 11.9. The van der Waals surface area contributed by atoms with Crippen LogP contribution in [0.3, 0.4) is 0 Å². The maximum Gasteiger partial charge on any atom is 0.305 e. The number of hydrogen-bond donors (Lipinski definition) is 3. The fourth-order valence-electron chi connectivity index (χ4n) is 1.95. The maximum atomic E-state index is 11.9. The van der Waals surface area contributed by atoms with Crippen LogP contribution in [0.25, 0.3) is 0 Å². The molecule has 7 heteroatoms. The molecule has 0 fully saturated rings. The minimum absolute atomic E-state index is 0.0813. The Labute approximate surface area is 138 Å². The van der Waals surface area contributed by atoms with Crippen LogP contribution in [0, 0.1) is 0 Å². The van der Waals surface area contributed by atoms with E-state index in [-0.39, 0.29) is 24.8 Å². The summed E-state index contributed by atoms with van der Waals surface area (Å²) >= 11 is 0. The summed E-state index contributed by atoms with van der Waals surface area (Å²) in [5.41, 5.74) is 1.81. The topological polar surface area (TPSA) is 108 Å². The van der Waals surface area contributed by atoms with Gasteiger partial charge in [-0.15, -0.1) is 0 Å². The molecule has 124 valence electrons. The molecule has 2 aromatic rings. The van der Waals surface area contributed by atoms with Gasteiger partial charge in [0.2, 0.25) is 0 Å². The number of nitrogens with one attached hydrogen (secondary N) is 2. The van der Waals surface area contributed by atoms with E-state index >= 15 is 0 Å². The molecule has 0 aliphatic carbocycles. The fourth-order valence-corrected chi connectivity index (χ4v) is 1.95. The van der Waals surface area contributed by atoms with Crippen LogP contribution < -0.4 is 10.6 Å². The largest absolute Gasteiger partial charge is 0.481 e. The molecule has 24 heavy (non-hydrogen) atoms. The molecule has 1 aromatic heterocycles. The van der Waals surface area contributed by atoms with Crippen LogP contribution in [0.5, 0.6) is 0 Å². The first-order valence-electron chi connectivity index (χ1n) is 7.33. The summed E-state index contributed by atoms with van der Waals surface area (Å²) < 4.78 is 0. The molecule has 7 nitrogen and oxygen atoms in total. The van der Waals surface area contributed by atoms with Crippen molar-refractivity contribution < 1.29 is 19.5 Å². The highest BCUT2D eigenvalue weighted by Crippen LogP contribution is 2.05. The number of hydrogen-bond acceptors (Lipinski definition) is 4. The average Bonchev–Trinajstić information content (AvgIpc) is 2.60. The minimum atomic E-state index is -0.962. The number of carbonyl (C=O) groups excluding carboxylic acids is 2. The van der Waals surface area contributed by atoms with Crippen LogP contribution in [-0.4, -0.2) is 34.4 Å². The van der Waals surface area contributed by atoms with Gasteiger partial charge in [0, 0.05) is 36.6 Å². The Balaban J connectivity index is 1.84. The van der Waals surface area contributed by atoms with Crippen LogP contribution in [0.15, 0.2) is 48.8 Å². The second kappa shape index (κ2) is 8.42. The van der Waals surface area contributed by atoms with E-state index in [1.807, 2.05) is 0 Å². The molecule has 0 saturated heterocycles. The number of pyridine rings is 1. The number of carbonyl (C=O) groups is 3. The predicted molar refractivity (Wildman–Crippen MR) is 86.4 cm³/mol. The van der Waals surface area contributed by atoms with Crippen molar-refractivity contribution in [1.29, 1.82) is 0 Å². The molecule has 0 saturated carbocycles. The molecule has 3 N–H and O–H groups in total. The summed E-state index contributed by atoms with van der Waals surface area (Å²) in [7, 11) is 0. The normalized spacial score (nSPS) is 10.0. The number of nitrogens with zero attached hydrogens (tertiary/aromatic N) is 1. The molecule has 0 aliphatic rings. The van der Waals surface area contributed by atoms with Crippen molar-refractivity contribution in [2.24, 2.45) is 0 Å². The van der Waals surface area contributed by atoms with Crippen molar-refractivity contribution >= 4 is 17.8 Å². The SMILES string of the molecule is O=C(O)CCNC(=O)c1ccc(CNC(=O)c2ccncc2)cc1. The first-order chi connectivity index (χ1) is 11.6. The Hall–Kier alpha value is -3.22. The zero-order chi connectivity index (χ0) is 17.4. The molecule has 0 atom stereocenters. The van der Waals surface area contributed by atoms with Gasteiger partial charge in [-0.2, -0.15) is 0 Å². The van der Waals surface area contributed by atoms with Gasteiger partial charge in [-0.3, -0.25) is 19.4 Å². The van der Waals surface area contributed by atoms with Crippen molar-refractivity contribution in [3.05, 3.63) is 65.5 Å². The Kier molecular flexibility index (Phi) is 6.01. The second-order valence-corrected chi connectivity index (χ2v) is 5.02. The van der Waals surface area contributed by atoms with Gasteiger partial charge in [-0.25, -0.2) is 0 Å². The first kappa shape index (κ1) is 17.1. The third kappa shape index (κ3) is 5.20. The number of benzene rings is 1. The molecular formula is C17H17N3O4. The van der Waals surface area contributed by atoms with Gasteiger partial charge >= 0.3 is 5.97 Å². The van der Waals surface area contributed by atoms with E-state index in [4.69, 9.17) is 5.11 Å². The number of rotatable bonds is 7. The van der Waals surface area contributed by atoms with Crippen molar-refractivity contribution in [2.75, 3.05) is 6.54 Å². The van der Waals surface area contributed by atoms with Crippen molar-refractivity contribution in [2.45, 2.75) is 13.0 Å². The smallest absolute Gasteiger partial charge is 0.305 e. The molecule has 0 unspecified atom stereocenters. The Morgan fingerprint density at radius 2 is 1.46 bits per heavy atom. The molecule has 1 heterocycles. The van der Waals surface area contributed by atoms with E-state index in [1.54, 1.807) is 48.8 Å². The monoisotopic (exact) mass is 327 g/mol. The Morgan fingerprint density at radius 3 is 2.08 bits per heavy atom. The number of aliphatic carboxylic acids is 1. The quantitative estimate of drug-likeness (QED) is 0.708. The molecule has 2 amide bonds. The summed E-state index contributed by atoms with van der Waals surface area (Å²) in [6.07, 6.45) is 2.98.